The molecule has 2 aromatic carbocycles. The summed E-state index contributed by atoms with van der Waals surface area (Å²) in [4.78, 5) is 33.6. The van der Waals surface area contributed by atoms with Gasteiger partial charge in [-0.3, -0.25) is 14.6 Å². The normalized spacial score (nSPS) is 21.7. The Bertz CT molecular complexity index is 1150. The van der Waals surface area contributed by atoms with E-state index < -0.39 is 17.8 Å². The van der Waals surface area contributed by atoms with Gasteiger partial charge >= 0.3 is 0 Å². The molecule has 0 saturated carbocycles. The van der Waals surface area contributed by atoms with E-state index in [4.69, 9.17) is 0 Å². The Balaban J connectivity index is 1.55. The molecule has 1 saturated heterocycles. The zero-order chi connectivity index (χ0) is 21.5. The lowest BCUT2D eigenvalue weighted by atomic mass is 9.71. The molecule has 0 aliphatic carbocycles. The predicted molar refractivity (Wildman–Crippen MR) is 112 cm³/mol. The van der Waals surface area contributed by atoms with E-state index in [0.717, 1.165) is 5.56 Å². The summed E-state index contributed by atoms with van der Waals surface area (Å²) in [5, 5.41) is 10.1. The highest BCUT2D eigenvalue weighted by Gasteiger charge is 2.55. The van der Waals surface area contributed by atoms with E-state index in [-0.39, 0.29) is 36.6 Å². The summed E-state index contributed by atoms with van der Waals surface area (Å²) in [6.45, 7) is 0.0279. The van der Waals surface area contributed by atoms with E-state index in [2.05, 4.69) is 4.98 Å². The van der Waals surface area contributed by atoms with Gasteiger partial charge in [-0.2, -0.15) is 0 Å². The van der Waals surface area contributed by atoms with E-state index in [0.29, 0.717) is 11.3 Å². The largest absolute Gasteiger partial charge is 0.394 e. The second-order valence-electron chi connectivity index (χ2n) is 7.75. The summed E-state index contributed by atoms with van der Waals surface area (Å²) < 4.78 is 14.3. The van der Waals surface area contributed by atoms with Crippen molar-refractivity contribution >= 4 is 17.5 Å². The number of carbonyl (C=O) groups is 2. The minimum absolute atomic E-state index is 0.0149. The number of amides is 2. The third kappa shape index (κ3) is 3.00. The molecule has 0 radical (unpaired) electrons. The minimum Gasteiger partial charge on any atom is -0.394 e. The van der Waals surface area contributed by atoms with Crippen LogP contribution in [-0.2, 0) is 0 Å². The van der Waals surface area contributed by atoms with Crippen LogP contribution < -0.4 is 4.90 Å². The minimum atomic E-state index is -0.586. The highest BCUT2D eigenvalue weighted by atomic mass is 19.1. The highest BCUT2D eigenvalue weighted by Crippen LogP contribution is 2.48. The number of anilines is 1. The molecule has 0 unspecified atom stereocenters. The van der Waals surface area contributed by atoms with Gasteiger partial charge in [0.05, 0.1) is 29.8 Å². The van der Waals surface area contributed by atoms with Gasteiger partial charge in [-0.15, -0.1) is 0 Å². The van der Waals surface area contributed by atoms with Crippen LogP contribution in [-0.4, -0.2) is 52.0 Å². The molecule has 3 heterocycles. The van der Waals surface area contributed by atoms with Crippen LogP contribution in [0.1, 0.15) is 32.2 Å². The smallest absolute Gasteiger partial charge is 0.261 e. The number of aliphatic hydroxyl groups excluding tert-OH is 1. The van der Waals surface area contributed by atoms with Crippen LogP contribution in [0.25, 0.3) is 0 Å². The number of halogens is 1. The maximum absolute atomic E-state index is 14.3. The number of rotatable bonds is 3. The Labute approximate surface area is 178 Å². The number of likely N-dealkylation sites (tertiary alicyclic amines) is 1. The van der Waals surface area contributed by atoms with Crippen molar-refractivity contribution in [2.24, 2.45) is 0 Å². The Morgan fingerprint density at radius 3 is 2.55 bits per heavy atom. The van der Waals surface area contributed by atoms with E-state index >= 15 is 0 Å². The maximum atomic E-state index is 14.3. The molecule has 5 rings (SSSR count). The van der Waals surface area contributed by atoms with E-state index in [1.807, 2.05) is 24.3 Å². The van der Waals surface area contributed by atoms with Crippen molar-refractivity contribution in [1.82, 2.24) is 9.88 Å². The molecule has 1 aromatic heterocycles. The fourth-order valence-corrected chi connectivity index (χ4v) is 4.78. The molecule has 0 bridgehead atoms. The molecule has 3 aromatic rings. The van der Waals surface area contributed by atoms with Crippen molar-refractivity contribution in [2.75, 3.05) is 18.1 Å². The number of hydrogen-bond acceptors (Lipinski definition) is 4. The van der Waals surface area contributed by atoms with Crippen molar-refractivity contribution in [3.63, 3.8) is 0 Å². The van der Waals surface area contributed by atoms with Gasteiger partial charge in [0.2, 0.25) is 0 Å². The Kier molecular flexibility index (Phi) is 4.75. The number of hydrogen-bond donors (Lipinski definition) is 1. The SMILES string of the molecule is O=C(c1ccccc1F)N1C[C@H]2[C@@H](c3ccccc31)[C@H](CO)N2C(=O)c1cccnc1. The quantitative estimate of drug-likeness (QED) is 0.711. The van der Waals surface area contributed by atoms with Crippen LogP contribution in [0.5, 0.6) is 0 Å². The highest BCUT2D eigenvalue weighted by molar-refractivity contribution is 6.07. The van der Waals surface area contributed by atoms with Crippen molar-refractivity contribution in [2.45, 2.75) is 18.0 Å². The Hall–Kier alpha value is -3.58. The lowest BCUT2D eigenvalue weighted by molar-refractivity contribution is -0.0246. The first-order chi connectivity index (χ1) is 15.1. The van der Waals surface area contributed by atoms with Crippen molar-refractivity contribution < 1.29 is 19.1 Å². The molecule has 3 atom stereocenters. The summed E-state index contributed by atoms with van der Waals surface area (Å²) in [6.07, 6.45) is 3.08. The lowest BCUT2D eigenvalue weighted by Gasteiger charge is -2.58. The van der Waals surface area contributed by atoms with Crippen LogP contribution in [0.4, 0.5) is 10.1 Å². The first kappa shape index (κ1) is 19.4. The molecular weight excluding hydrogens is 397 g/mol. The third-order valence-electron chi connectivity index (χ3n) is 6.18. The molecule has 2 amide bonds. The van der Waals surface area contributed by atoms with Crippen molar-refractivity contribution in [1.29, 1.82) is 0 Å². The second kappa shape index (κ2) is 7.59. The van der Waals surface area contributed by atoms with E-state index in [1.165, 1.54) is 23.2 Å². The molecule has 2 aliphatic rings. The number of para-hydroxylation sites is 1. The Morgan fingerprint density at radius 2 is 1.81 bits per heavy atom. The molecule has 2 aliphatic heterocycles. The number of aromatic nitrogens is 1. The number of aliphatic hydroxyl groups is 1. The monoisotopic (exact) mass is 417 g/mol. The van der Waals surface area contributed by atoms with E-state index in [9.17, 15) is 19.1 Å². The van der Waals surface area contributed by atoms with Gasteiger partial charge in [-0.1, -0.05) is 30.3 Å². The summed E-state index contributed by atoms with van der Waals surface area (Å²) in [7, 11) is 0. The molecule has 6 nitrogen and oxygen atoms in total. The van der Waals surface area contributed by atoms with Gasteiger partial charge in [0.25, 0.3) is 11.8 Å². The molecular formula is C24H20FN3O3. The van der Waals surface area contributed by atoms with Gasteiger partial charge in [0.15, 0.2) is 0 Å². The number of fused-ring (bicyclic) bond motifs is 3. The summed E-state index contributed by atoms with van der Waals surface area (Å²) in [6, 6.07) is 15.9. The molecule has 31 heavy (non-hydrogen) atoms. The third-order valence-corrected chi connectivity index (χ3v) is 6.18. The zero-order valence-electron chi connectivity index (χ0n) is 16.6. The van der Waals surface area contributed by atoms with E-state index in [1.54, 1.807) is 35.4 Å². The number of pyridine rings is 1. The zero-order valence-corrected chi connectivity index (χ0v) is 16.6. The number of nitrogens with zero attached hydrogens (tertiary/aromatic N) is 3. The van der Waals surface area contributed by atoms with Gasteiger partial charge in [0.1, 0.15) is 5.82 Å². The van der Waals surface area contributed by atoms with Gasteiger partial charge in [-0.25, -0.2) is 4.39 Å². The molecule has 1 N–H and O–H groups in total. The molecule has 1 fully saturated rings. The second-order valence-corrected chi connectivity index (χ2v) is 7.75. The first-order valence-electron chi connectivity index (χ1n) is 10.1. The average Bonchev–Trinajstić information content (AvgIpc) is 2.80. The van der Waals surface area contributed by atoms with Crippen LogP contribution in [0, 0.1) is 5.82 Å². The maximum Gasteiger partial charge on any atom is 0.261 e. The van der Waals surface area contributed by atoms with Crippen molar-refractivity contribution in [3.8, 4) is 0 Å². The fourth-order valence-electron chi connectivity index (χ4n) is 4.78. The molecule has 7 heteroatoms. The first-order valence-corrected chi connectivity index (χ1v) is 10.1. The van der Waals surface area contributed by atoms with Crippen LogP contribution >= 0.6 is 0 Å². The molecule has 156 valence electrons. The van der Waals surface area contributed by atoms with Crippen LogP contribution in [0.15, 0.2) is 73.1 Å². The van der Waals surface area contributed by atoms with Gasteiger partial charge in [-0.05, 0) is 35.9 Å². The van der Waals surface area contributed by atoms with Crippen LogP contribution in [0.3, 0.4) is 0 Å². The average molecular weight is 417 g/mol. The Morgan fingerprint density at radius 1 is 1.03 bits per heavy atom. The van der Waals surface area contributed by atoms with Crippen molar-refractivity contribution in [3.05, 3.63) is 95.6 Å². The summed E-state index contributed by atoms with van der Waals surface area (Å²) in [5.74, 6) is -1.39. The number of carbonyl (C=O) groups excluding carboxylic acids is 2. The van der Waals surface area contributed by atoms with Gasteiger partial charge in [0, 0.05) is 30.5 Å². The number of benzene rings is 2. The topological polar surface area (TPSA) is 73.7 Å². The summed E-state index contributed by atoms with van der Waals surface area (Å²) in [5.41, 5.74) is 1.96. The fraction of sp³-hybridized carbons (Fsp3) is 0.208. The predicted octanol–water partition coefficient (Wildman–Crippen LogP) is 2.85. The molecule has 0 spiro atoms. The van der Waals surface area contributed by atoms with Gasteiger partial charge < -0.3 is 14.9 Å². The van der Waals surface area contributed by atoms with Crippen LogP contribution in [0.2, 0.25) is 0 Å². The summed E-state index contributed by atoms with van der Waals surface area (Å²) >= 11 is 0. The standard InChI is InChI=1S/C24H20FN3O3/c25-18-9-3-1-7-16(18)24(31)27-13-20-22(17-8-2-4-10-19(17)27)21(14-29)28(20)23(30)15-6-5-11-26-12-15/h1-12,20-22,29H,13-14H2/t20-,21-,22+/m0/s1. The lowest BCUT2D eigenvalue weighted by Crippen LogP contribution is -2.70.